The maximum absolute atomic E-state index is 13.1. The smallest absolute Gasteiger partial charge is 0.127 e. The van der Waals surface area contributed by atoms with Crippen LogP contribution in [0.5, 0.6) is 0 Å². The summed E-state index contributed by atoms with van der Waals surface area (Å²) in [6, 6.07) is 2.95. The first-order valence-electron chi connectivity index (χ1n) is 4.24. The molecule has 0 saturated heterocycles. The van der Waals surface area contributed by atoms with Crippen molar-refractivity contribution in [2.75, 3.05) is 13.6 Å². The van der Waals surface area contributed by atoms with E-state index in [4.69, 9.17) is 11.6 Å². The lowest BCUT2D eigenvalue weighted by Gasteiger charge is -1.99. The first-order valence-corrected chi connectivity index (χ1v) is 4.62. The zero-order valence-electron chi connectivity index (χ0n) is 8.12. The molecule has 0 atom stereocenters. The molecule has 0 fully saturated rings. The van der Waals surface area contributed by atoms with E-state index in [1.165, 1.54) is 6.07 Å². The molecule has 1 aromatic rings. The predicted molar refractivity (Wildman–Crippen MR) is 57.0 cm³/mol. The van der Waals surface area contributed by atoms with Gasteiger partial charge in [0, 0.05) is 5.56 Å². The van der Waals surface area contributed by atoms with Crippen molar-refractivity contribution in [2.45, 2.75) is 6.92 Å². The third-order valence-corrected chi connectivity index (χ3v) is 2.05. The van der Waals surface area contributed by atoms with Crippen LogP contribution in [0.25, 0.3) is 0 Å². The zero-order valence-corrected chi connectivity index (χ0v) is 8.87. The molecule has 14 heavy (non-hydrogen) atoms. The summed E-state index contributed by atoms with van der Waals surface area (Å²) < 4.78 is 13.1. The molecule has 0 aliphatic heterocycles. The van der Waals surface area contributed by atoms with Crippen molar-refractivity contribution < 1.29 is 4.39 Å². The highest BCUT2D eigenvalue weighted by atomic mass is 35.5. The fourth-order valence-corrected chi connectivity index (χ4v) is 1.24. The summed E-state index contributed by atoms with van der Waals surface area (Å²) in [6.45, 7) is 2.23. The monoisotopic (exact) mass is 211 g/mol. The Labute approximate surface area is 88.3 Å². The molecule has 0 heterocycles. The van der Waals surface area contributed by atoms with Crippen molar-refractivity contribution in [3.63, 3.8) is 0 Å². The highest BCUT2D eigenvalue weighted by Crippen LogP contribution is 2.19. The molecule has 3 heteroatoms. The number of nitrogens with one attached hydrogen (secondary N) is 1. The van der Waals surface area contributed by atoms with Crippen LogP contribution >= 0.6 is 11.6 Å². The number of halogens is 2. The fourth-order valence-electron chi connectivity index (χ4n) is 0.970. The molecule has 1 nitrogen and oxygen atoms in total. The summed E-state index contributed by atoms with van der Waals surface area (Å²) in [6.07, 6.45) is 0. The average Bonchev–Trinajstić information content (AvgIpc) is 2.14. The van der Waals surface area contributed by atoms with Gasteiger partial charge in [0.05, 0.1) is 11.6 Å². The summed E-state index contributed by atoms with van der Waals surface area (Å²) in [4.78, 5) is 0. The highest BCUT2D eigenvalue weighted by Gasteiger charge is 2.02. The minimum atomic E-state index is -0.275. The zero-order chi connectivity index (χ0) is 10.6. The Morgan fingerprint density at radius 1 is 1.50 bits per heavy atom. The Kier molecular flexibility index (Phi) is 3.94. The van der Waals surface area contributed by atoms with Gasteiger partial charge in [0.25, 0.3) is 0 Å². The SMILES string of the molecule is CNCC#Cc1cc(F)c(C)cc1Cl. The van der Waals surface area contributed by atoms with Crippen molar-refractivity contribution >= 4 is 11.6 Å². The molecule has 0 aliphatic rings. The highest BCUT2D eigenvalue weighted by molar-refractivity contribution is 6.31. The van der Waals surface area contributed by atoms with Crippen molar-refractivity contribution in [3.05, 3.63) is 34.1 Å². The minimum absolute atomic E-state index is 0.275. The maximum atomic E-state index is 13.1. The lowest BCUT2D eigenvalue weighted by Crippen LogP contribution is -2.04. The van der Waals surface area contributed by atoms with Crippen molar-refractivity contribution in [1.29, 1.82) is 0 Å². The maximum Gasteiger partial charge on any atom is 0.127 e. The van der Waals surface area contributed by atoms with Gasteiger partial charge in [-0.1, -0.05) is 23.4 Å². The summed E-state index contributed by atoms with van der Waals surface area (Å²) >= 11 is 5.89. The lowest BCUT2D eigenvalue weighted by atomic mass is 10.1. The third-order valence-electron chi connectivity index (χ3n) is 1.74. The summed E-state index contributed by atoms with van der Waals surface area (Å²) in [5.74, 6) is 5.35. The first-order chi connectivity index (χ1) is 6.65. The van der Waals surface area contributed by atoms with E-state index in [2.05, 4.69) is 17.2 Å². The topological polar surface area (TPSA) is 12.0 Å². The minimum Gasteiger partial charge on any atom is -0.309 e. The number of hydrogen-bond acceptors (Lipinski definition) is 1. The first kappa shape index (κ1) is 11.0. The normalized spacial score (nSPS) is 9.43. The Bertz CT molecular complexity index is 390. The molecule has 0 aliphatic carbocycles. The molecule has 1 N–H and O–H groups in total. The van der Waals surface area contributed by atoms with Crippen LogP contribution in [0, 0.1) is 24.6 Å². The molecule has 74 valence electrons. The largest absolute Gasteiger partial charge is 0.309 e. The molecular weight excluding hydrogens is 201 g/mol. The van der Waals surface area contributed by atoms with Gasteiger partial charge in [-0.3, -0.25) is 0 Å². The van der Waals surface area contributed by atoms with Gasteiger partial charge in [-0.05, 0) is 31.7 Å². The number of aryl methyl sites for hydroxylation is 1. The van der Waals surface area contributed by atoms with E-state index in [1.807, 2.05) is 0 Å². The van der Waals surface area contributed by atoms with E-state index in [9.17, 15) is 4.39 Å². The Morgan fingerprint density at radius 3 is 2.86 bits per heavy atom. The number of hydrogen-bond donors (Lipinski definition) is 1. The Morgan fingerprint density at radius 2 is 2.21 bits per heavy atom. The van der Waals surface area contributed by atoms with E-state index in [0.717, 1.165) is 0 Å². The van der Waals surface area contributed by atoms with E-state index in [0.29, 0.717) is 22.7 Å². The standard InChI is InChI=1S/C11H11ClFN/c1-8-6-10(12)9(7-11(8)13)4-3-5-14-2/h6-7,14H,5H2,1-2H3. The van der Waals surface area contributed by atoms with Gasteiger partial charge in [0.1, 0.15) is 5.82 Å². The molecule has 0 spiro atoms. The predicted octanol–water partition coefficient (Wildman–Crippen LogP) is 2.36. The molecule has 0 aromatic heterocycles. The molecule has 0 unspecified atom stereocenters. The van der Waals surface area contributed by atoms with E-state index in [-0.39, 0.29) is 5.82 Å². The van der Waals surface area contributed by atoms with E-state index < -0.39 is 0 Å². The number of rotatable bonds is 1. The van der Waals surface area contributed by atoms with Crippen LogP contribution in [0.4, 0.5) is 4.39 Å². The van der Waals surface area contributed by atoms with Crippen LogP contribution in [0.3, 0.4) is 0 Å². The van der Waals surface area contributed by atoms with Crippen molar-refractivity contribution in [2.24, 2.45) is 0 Å². The van der Waals surface area contributed by atoms with Crippen LogP contribution < -0.4 is 5.32 Å². The molecule has 1 rings (SSSR count). The van der Waals surface area contributed by atoms with Crippen LogP contribution in [-0.2, 0) is 0 Å². The van der Waals surface area contributed by atoms with Gasteiger partial charge in [0.15, 0.2) is 0 Å². The van der Waals surface area contributed by atoms with Crippen molar-refractivity contribution in [3.8, 4) is 11.8 Å². The molecule has 0 amide bonds. The Hall–Kier alpha value is -1.04. The molecule has 0 radical (unpaired) electrons. The van der Waals surface area contributed by atoms with Crippen LogP contribution in [0.2, 0.25) is 5.02 Å². The van der Waals surface area contributed by atoms with Crippen LogP contribution in [0.1, 0.15) is 11.1 Å². The summed E-state index contributed by atoms with van der Waals surface area (Å²) in [7, 11) is 1.80. The second kappa shape index (κ2) is 4.99. The van der Waals surface area contributed by atoms with Gasteiger partial charge in [-0.25, -0.2) is 4.39 Å². The molecule has 1 aromatic carbocycles. The molecule has 0 bridgehead atoms. The van der Waals surface area contributed by atoms with Gasteiger partial charge < -0.3 is 5.32 Å². The van der Waals surface area contributed by atoms with Gasteiger partial charge >= 0.3 is 0 Å². The van der Waals surface area contributed by atoms with Crippen LogP contribution in [0.15, 0.2) is 12.1 Å². The second-order valence-electron chi connectivity index (χ2n) is 2.91. The van der Waals surface area contributed by atoms with Gasteiger partial charge in [-0.2, -0.15) is 0 Å². The second-order valence-corrected chi connectivity index (χ2v) is 3.32. The van der Waals surface area contributed by atoms with Crippen molar-refractivity contribution in [1.82, 2.24) is 5.32 Å². The summed E-state index contributed by atoms with van der Waals surface area (Å²) in [5.41, 5.74) is 1.07. The fraction of sp³-hybridized carbons (Fsp3) is 0.273. The van der Waals surface area contributed by atoms with E-state index in [1.54, 1.807) is 20.0 Å². The van der Waals surface area contributed by atoms with Gasteiger partial charge in [-0.15, -0.1) is 0 Å². The molecule has 0 saturated carbocycles. The average molecular weight is 212 g/mol. The summed E-state index contributed by atoms with van der Waals surface area (Å²) in [5, 5.41) is 3.37. The lowest BCUT2D eigenvalue weighted by molar-refractivity contribution is 0.618. The third kappa shape index (κ3) is 2.73. The quantitative estimate of drug-likeness (QED) is 0.704. The Balaban J connectivity index is 3.00. The van der Waals surface area contributed by atoms with Gasteiger partial charge in [0.2, 0.25) is 0 Å². The van der Waals surface area contributed by atoms with Crippen LogP contribution in [-0.4, -0.2) is 13.6 Å². The van der Waals surface area contributed by atoms with E-state index >= 15 is 0 Å². The number of benzene rings is 1. The molecular formula is C11H11ClFN.